The van der Waals surface area contributed by atoms with E-state index in [4.69, 9.17) is 4.74 Å². The number of benzene rings is 2. The summed E-state index contributed by atoms with van der Waals surface area (Å²) in [7, 11) is -3.58. The van der Waals surface area contributed by atoms with Crippen LogP contribution in [-0.4, -0.2) is 57.4 Å². The van der Waals surface area contributed by atoms with Crippen molar-refractivity contribution in [3.8, 4) is 0 Å². The maximum Gasteiger partial charge on any atom is 0.251 e. The second-order valence-corrected chi connectivity index (χ2v) is 10.9. The standard InChI is InChI=1S/C24H31N3O5S/c1-24(2,3)19-6-4-18(5-7-19)23(29)25-13-12-22(28)26-20-8-10-21(11-9-20)33(30,31)27-14-16-32-17-15-27/h4-11H,12-17H2,1-3H3,(H,25,29)(H,26,28). The quantitative estimate of drug-likeness (QED) is 0.643. The summed E-state index contributed by atoms with van der Waals surface area (Å²) in [5, 5.41) is 5.46. The van der Waals surface area contributed by atoms with Gasteiger partial charge in [-0.25, -0.2) is 8.42 Å². The molecule has 0 radical (unpaired) electrons. The molecule has 0 unspecified atom stereocenters. The second kappa shape index (κ2) is 10.5. The van der Waals surface area contributed by atoms with Gasteiger partial charge in [0.05, 0.1) is 18.1 Å². The zero-order valence-corrected chi connectivity index (χ0v) is 20.1. The van der Waals surface area contributed by atoms with Gasteiger partial charge in [-0.05, 0) is 47.4 Å². The summed E-state index contributed by atoms with van der Waals surface area (Å²) in [6, 6.07) is 13.5. The largest absolute Gasteiger partial charge is 0.379 e. The predicted molar refractivity (Wildman–Crippen MR) is 127 cm³/mol. The first-order valence-electron chi connectivity index (χ1n) is 10.9. The van der Waals surface area contributed by atoms with Crippen LogP contribution in [0.2, 0.25) is 0 Å². The van der Waals surface area contributed by atoms with Gasteiger partial charge in [-0.1, -0.05) is 32.9 Å². The lowest BCUT2D eigenvalue weighted by molar-refractivity contribution is -0.116. The minimum atomic E-state index is -3.58. The number of morpholine rings is 1. The summed E-state index contributed by atoms with van der Waals surface area (Å²) >= 11 is 0. The molecule has 0 saturated carbocycles. The number of amides is 2. The Balaban J connectivity index is 1.47. The lowest BCUT2D eigenvalue weighted by Gasteiger charge is -2.26. The van der Waals surface area contributed by atoms with Gasteiger partial charge in [0.1, 0.15) is 0 Å². The summed E-state index contributed by atoms with van der Waals surface area (Å²) in [6.45, 7) is 7.93. The van der Waals surface area contributed by atoms with Crippen molar-refractivity contribution in [3.05, 3.63) is 59.7 Å². The molecule has 0 aromatic heterocycles. The highest BCUT2D eigenvalue weighted by atomic mass is 32.2. The van der Waals surface area contributed by atoms with Crippen LogP contribution in [0.15, 0.2) is 53.4 Å². The highest BCUT2D eigenvalue weighted by Gasteiger charge is 2.26. The summed E-state index contributed by atoms with van der Waals surface area (Å²) in [5.41, 5.74) is 2.19. The maximum absolute atomic E-state index is 12.7. The molecule has 33 heavy (non-hydrogen) atoms. The van der Waals surface area contributed by atoms with E-state index < -0.39 is 10.0 Å². The van der Waals surface area contributed by atoms with Crippen molar-refractivity contribution in [1.82, 2.24) is 9.62 Å². The van der Waals surface area contributed by atoms with E-state index in [-0.39, 0.29) is 35.1 Å². The van der Waals surface area contributed by atoms with E-state index in [0.717, 1.165) is 5.56 Å². The van der Waals surface area contributed by atoms with E-state index in [9.17, 15) is 18.0 Å². The molecule has 2 N–H and O–H groups in total. The van der Waals surface area contributed by atoms with Gasteiger partial charge < -0.3 is 15.4 Å². The smallest absolute Gasteiger partial charge is 0.251 e. The van der Waals surface area contributed by atoms with Gasteiger partial charge in [0.25, 0.3) is 5.91 Å². The van der Waals surface area contributed by atoms with E-state index in [1.54, 1.807) is 24.3 Å². The van der Waals surface area contributed by atoms with Crippen LogP contribution in [0, 0.1) is 0 Å². The zero-order valence-electron chi connectivity index (χ0n) is 19.3. The zero-order chi connectivity index (χ0) is 24.1. The second-order valence-electron chi connectivity index (χ2n) is 8.92. The van der Waals surface area contributed by atoms with E-state index in [2.05, 4.69) is 31.4 Å². The van der Waals surface area contributed by atoms with Crippen LogP contribution in [0.1, 0.15) is 43.1 Å². The molecule has 0 aliphatic carbocycles. The molecule has 1 saturated heterocycles. The number of carbonyl (C=O) groups excluding carboxylic acids is 2. The molecule has 1 fully saturated rings. The SMILES string of the molecule is CC(C)(C)c1ccc(C(=O)NCCC(=O)Nc2ccc(S(=O)(=O)N3CCOCC3)cc2)cc1. The topological polar surface area (TPSA) is 105 Å². The third-order valence-corrected chi connectivity index (χ3v) is 7.31. The molecule has 2 aromatic rings. The van der Waals surface area contributed by atoms with Gasteiger partial charge in [0.2, 0.25) is 15.9 Å². The van der Waals surface area contributed by atoms with Crippen LogP contribution in [0.4, 0.5) is 5.69 Å². The highest BCUT2D eigenvalue weighted by molar-refractivity contribution is 7.89. The van der Waals surface area contributed by atoms with Gasteiger partial charge >= 0.3 is 0 Å². The van der Waals surface area contributed by atoms with E-state index in [1.807, 2.05) is 12.1 Å². The number of sulfonamides is 1. The Morgan fingerprint density at radius 2 is 1.58 bits per heavy atom. The molecule has 2 aromatic carbocycles. The fourth-order valence-electron chi connectivity index (χ4n) is 3.38. The van der Waals surface area contributed by atoms with Crippen molar-refractivity contribution in [2.45, 2.75) is 37.5 Å². The maximum atomic E-state index is 12.7. The summed E-state index contributed by atoms with van der Waals surface area (Å²) < 4.78 is 31.9. The van der Waals surface area contributed by atoms with Gasteiger partial charge in [-0.2, -0.15) is 4.31 Å². The lowest BCUT2D eigenvalue weighted by atomic mass is 9.87. The molecule has 1 aliphatic heterocycles. The monoisotopic (exact) mass is 473 g/mol. The number of rotatable bonds is 7. The van der Waals surface area contributed by atoms with Crippen LogP contribution in [0.5, 0.6) is 0 Å². The van der Waals surface area contributed by atoms with Crippen LogP contribution >= 0.6 is 0 Å². The van der Waals surface area contributed by atoms with Crippen LogP contribution in [-0.2, 0) is 25.0 Å². The first-order valence-corrected chi connectivity index (χ1v) is 12.4. The molecule has 9 heteroatoms. The summed E-state index contributed by atoms with van der Waals surface area (Å²) in [5.74, 6) is -0.511. The van der Waals surface area contributed by atoms with Crippen molar-refractivity contribution in [3.63, 3.8) is 0 Å². The first-order chi connectivity index (χ1) is 15.6. The minimum Gasteiger partial charge on any atom is -0.379 e. The number of hydrogen-bond donors (Lipinski definition) is 2. The van der Waals surface area contributed by atoms with Gasteiger partial charge in [-0.3, -0.25) is 9.59 Å². The Morgan fingerprint density at radius 3 is 2.15 bits per heavy atom. The summed E-state index contributed by atoms with van der Waals surface area (Å²) in [4.78, 5) is 24.7. The van der Waals surface area contributed by atoms with Gasteiger partial charge in [0, 0.05) is 37.3 Å². The lowest BCUT2D eigenvalue weighted by Crippen LogP contribution is -2.40. The molecular formula is C24H31N3O5S. The van der Waals surface area contributed by atoms with Crippen molar-refractivity contribution < 1.29 is 22.7 Å². The molecule has 8 nitrogen and oxygen atoms in total. The Morgan fingerprint density at radius 1 is 0.970 bits per heavy atom. The fraction of sp³-hybridized carbons (Fsp3) is 0.417. The van der Waals surface area contributed by atoms with Crippen molar-refractivity contribution in [2.75, 3.05) is 38.2 Å². The number of hydrogen-bond acceptors (Lipinski definition) is 5. The first kappa shape index (κ1) is 24.9. The third kappa shape index (κ3) is 6.63. The van der Waals surface area contributed by atoms with Crippen LogP contribution in [0.3, 0.4) is 0 Å². The van der Waals surface area contributed by atoms with Gasteiger partial charge in [-0.15, -0.1) is 0 Å². The number of ether oxygens (including phenoxy) is 1. The van der Waals surface area contributed by atoms with E-state index in [0.29, 0.717) is 37.6 Å². The van der Waals surface area contributed by atoms with Crippen molar-refractivity contribution in [1.29, 1.82) is 0 Å². The average Bonchev–Trinajstić information content (AvgIpc) is 2.79. The normalized spacial score (nSPS) is 15.1. The molecule has 0 spiro atoms. The highest BCUT2D eigenvalue weighted by Crippen LogP contribution is 2.22. The minimum absolute atomic E-state index is 0.0119. The predicted octanol–water partition coefficient (Wildman–Crippen LogP) is 2.76. The molecule has 0 atom stereocenters. The van der Waals surface area contributed by atoms with Crippen molar-refractivity contribution >= 4 is 27.5 Å². The van der Waals surface area contributed by atoms with Crippen LogP contribution < -0.4 is 10.6 Å². The molecule has 3 rings (SSSR count). The molecule has 0 bridgehead atoms. The molecule has 1 heterocycles. The van der Waals surface area contributed by atoms with Gasteiger partial charge in [0.15, 0.2) is 0 Å². The molecule has 1 aliphatic rings. The number of carbonyl (C=O) groups is 2. The molecule has 178 valence electrons. The van der Waals surface area contributed by atoms with E-state index in [1.165, 1.54) is 16.4 Å². The molecular weight excluding hydrogens is 442 g/mol. The fourth-order valence-corrected chi connectivity index (χ4v) is 4.79. The summed E-state index contributed by atoms with van der Waals surface area (Å²) in [6.07, 6.45) is 0.0969. The average molecular weight is 474 g/mol. The molecule has 2 amide bonds. The third-order valence-electron chi connectivity index (χ3n) is 5.40. The Kier molecular flexibility index (Phi) is 7.88. The number of nitrogens with one attached hydrogen (secondary N) is 2. The van der Waals surface area contributed by atoms with Crippen molar-refractivity contribution in [2.24, 2.45) is 0 Å². The Hall–Kier alpha value is -2.75. The number of anilines is 1. The Bertz CT molecular complexity index is 1070. The van der Waals surface area contributed by atoms with Crippen LogP contribution in [0.25, 0.3) is 0 Å². The Labute approximate surface area is 195 Å². The number of nitrogens with zero attached hydrogens (tertiary/aromatic N) is 1. The van der Waals surface area contributed by atoms with E-state index >= 15 is 0 Å².